The fourth-order valence-electron chi connectivity index (χ4n) is 3.75. The zero-order chi connectivity index (χ0) is 22.7. The lowest BCUT2D eigenvalue weighted by atomic mass is 10.1. The average Bonchev–Trinajstić information content (AvgIpc) is 2.98. The molecule has 6 nitrogen and oxygen atoms in total. The molecule has 1 aromatic heterocycles. The Morgan fingerprint density at radius 1 is 1.06 bits per heavy atom. The highest BCUT2D eigenvalue weighted by Gasteiger charge is 2.25. The minimum atomic E-state index is -0.702. The summed E-state index contributed by atoms with van der Waals surface area (Å²) in [6.07, 6.45) is 3.51. The van der Waals surface area contributed by atoms with Gasteiger partial charge in [-0.05, 0) is 49.2 Å². The molecule has 0 radical (unpaired) electrons. The van der Waals surface area contributed by atoms with E-state index >= 15 is 0 Å². The second-order valence-corrected chi connectivity index (χ2v) is 8.18. The molecule has 1 fully saturated rings. The lowest BCUT2D eigenvalue weighted by Crippen LogP contribution is -2.43. The third kappa shape index (κ3) is 4.78. The van der Waals surface area contributed by atoms with E-state index in [-0.39, 0.29) is 17.0 Å². The first-order valence-corrected chi connectivity index (χ1v) is 10.8. The number of Topliss-reactive ketones (excluding diaryl/α,β-unsaturated/α-hetero) is 1. The van der Waals surface area contributed by atoms with Crippen molar-refractivity contribution in [1.29, 1.82) is 0 Å². The summed E-state index contributed by atoms with van der Waals surface area (Å²) in [6.45, 7) is 0. The number of ketones is 1. The van der Waals surface area contributed by atoms with Gasteiger partial charge in [-0.3, -0.25) is 14.4 Å². The third-order valence-electron chi connectivity index (χ3n) is 5.46. The van der Waals surface area contributed by atoms with Crippen LogP contribution in [0.5, 0.6) is 0 Å². The fraction of sp³-hybridized carbons (Fsp3) is 0.250. The van der Waals surface area contributed by atoms with Crippen molar-refractivity contribution in [2.75, 3.05) is 0 Å². The van der Waals surface area contributed by atoms with E-state index in [1.165, 1.54) is 24.3 Å². The summed E-state index contributed by atoms with van der Waals surface area (Å²) < 4.78 is 14.8. The van der Waals surface area contributed by atoms with Crippen LogP contribution in [0.15, 0.2) is 59.4 Å². The largest absolute Gasteiger partial charge is 0.342 e. The van der Waals surface area contributed by atoms with Crippen molar-refractivity contribution >= 4 is 23.3 Å². The minimum absolute atomic E-state index is 0.0340. The second kappa shape index (κ2) is 9.44. The summed E-state index contributed by atoms with van der Waals surface area (Å²) in [5.74, 6) is -1.23. The van der Waals surface area contributed by atoms with Crippen LogP contribution in [0.3, 0.4) is 0 Å². The van der Waals surface area contributed by atoms with E-state index in [1.54, 1.807) is 24.3 Å². The summed E-state index contributed by atoms with van der Waals surface area (Å²) in [5, 5.41) is 7.59. The molecule has 1 atom stereocenters. The minimum Gasteiger partial charge on any atom is -0.342 e. The van der Waals surface area contributed by atoms with Crippen LogP contribution in [-0.4, -0.2) is 27.5 Å². The van der Waals surface area contributed by atoms with E-state index in [4.69, 9.17) is 11.6 Å². The number of carbonyl (C=O) groups excluding carboxylic acids is 2. The summed E-state index contributed by atoms with van der Waals surface area (Å²) in [5.41, 5.74) is 0.269. The zero-order valence-corrected chi connectivity index (χ0v) is 17.9. The van der Waals surface area contributed by atoms with Crippen LogP contribution in [-0.2, 0) is 4.79 Å². The highest BCUT2D eigenvalue weighted by molar-refractivity contribution is 6.30. The summed E-state index contributed by atoms with van der Waals surface area (Å²) >= 11 is 5.97. The summed E-state index contributed by atoms with van der Waals surface area (Å²) in [6, 6.07) is 12.9. The van der Waals surface area contributed by atoms with E-state index in [0.717, 1.165) is 30.0 Å². The number of nitrogens with one attached hydrogen (secondary N) is 1. The van der Waals surface area contributed by atoms with Gasteiger partial charge in [0.1, 0.15) is 11.4 Å². The van der Waals surface area contributed by atoms with Gasteiger partial charge in [-0.25, -0.2) is 4.39 Å². The predicted molar refractivity (Wildman–Crippen MR) is 120 cm³/mol. The number of amides is 1. The molecule has 0 saturated heterocycles. The van der Waals surface area contributed by atoms with Crippen LogP contribution < -0.4 is 10.9 Å². The lowest BCUT2D eigenvalue weighted by Gasteiger charge is -2.16. The topological polar surface area (TPSA) is 81.1 Å². The maximum absolute atomic E-state index is 13.8. The number of benzene rings is 2. The lowest BCUT2D eigenvalue weighted by molar-refractivity contribution is -0.120. The molecule has 1 amide bonds. The van der Waals surface area contributed by atoms with Crippen molar-refractivity contribution < 1.29 is 14.0 Å². The van der Waals surface area contributed by atoms with Gasteiger partial charge in [0.2, 0.25) is 0 Å². The monoisotopic (exact) mass is 453 g/mol. The van der Waals surface area contributed by atoms with Crippen molar-refractivity contribution in [2.45, 2.75) is 38.1 Å². The molecule has 3 aromatic rings. The summed E-state index contributed by atoms with van der Waals surface area (Å²) in [4.78, 5) is 38.6. The number of aromatic nitrogens is 2. The molecule has 0 unspecified atom stereocenters. The Balaban J connectivity index is 1.79. The van der Waals surface area contributed by atoms with Crippen molar-refractivity contribution in [3.8, 4) is 16.9 Å². The predicted octanol–water partition coefficient (Wildman–Crippen LogP) is 4.32. The van der Waals surface area contributed by atoms with Gasteiger partial charge in [0.05, 0.1) is 17.4 Å². The Morgan fingerprint density at radius 3 is 2.59 bits per heavy atom. The molecule has 0 spiro atoms. The number of nitrogens with zero attached hydrogens (tertiary/aromatic N) is 2. The van der Waals surface area contributed by atoms with Crippen molar-refractivity contribution in [3.05, 3.63) is 81.4 Å². The van der Waals surface area contributed by atoms with Gasteiger partial charge < -0.3 is 5.32 Å². The maximum Gasteiger partial charge on any atom is 0.284 e. The summed E-state index contributed by atoms with van der Waals surface area (Å²) in [7, 11) is 0. The van der Waals surface area contributed by atoms with Crippen LogP contribution in [0, 0.1) is 5.82 Å². The maximum atomic E-state index is 13.8. The molecule has 164 valence electrons. The van der Waals surface area contributed by atoms with E-state index in [1.807, 2.05) is 0 Å². The van der Waals surface area contributed by atoms with Crippen molar-refractivity contribution in [3.63, 3.8) is 0 Å². The van der Waals surface area contributed by atoms with Crippen LogP contribution in [0.25, 0.3) is 16.9 Å². The highest BCUT2D eigenvalue weighted by atomic mass is 35.5. The molecule has 0 bridgehead atoms. The van der Waals surface area contributed by atoms with Crippen LogP contribution in [0.2, 0.25) is 5.02 Å². The first kappa shape index (κ1) is 21.9. The van der Waals surface area contributed by atoms with Crippen molar-refractivity contribution in [1.82, 2.24) is 15.1 Å². The van der Waals surface area contributed by atoms with Crippen LogP contribution in [0.4, 0.5) is 4.39 Å². The molecular formula is C24H21ClFN3O3. The smallest absolute Gasteiger partial charge is 0.284 e. The molecule has 0 aliphatic heterocycles. The van der Waals surface area contributed by atoms with Crippen molar-refractivity contribution in [2.24, 2.45) is 0 Å². The second-order valence-electron chi connectivity index (χ2n) is 7.74. The standard InChI is InChI=1S/C24H21ClFN3O3/c25-16-11-9-15(10-12-16)21-14-19(23(31)27-20-7-2-1-3-8-22(20)30)24(32)29(28-21)18-6-4-5-17(26)13-18/h4-6,9-14,20H,1-3,7-8H2,(H,27,31)/t20-/m0/s1. The van der Waals surface area contributed by atoms with Gasteiger partial charge in [-0.15, -0.1) is 0 Å². The molecule has 32 heavy (non-hydrogen) atoms. The molecule has 8 heteroatoms. The third-order valence-corrected chi connectivity index (χ3v) is 5.71. The molecule has 4 rings (SSSR count). The van der Waals surface area contributed by atoms with Gasteiger partial charge >= 0.3 is 0 Å². The zero-order valence-electron chi connectivity index (χ0n) is 17.2. The van der Waals surface area contributed by atoms with Crippen LogP contribution in [0.1, 0.15) is 42.5 Å². The first-order valence-electron chi connectivity index (χ1n) is 10.4. The van der Waals surface area contributed by atoms with E-state index in [2.05, 4.69) is 10.4 Å². The quantitative estimate of drug-likeness (QED) is 0.596. The molecule has 1 aliphatic carbocycles. The van der Waals surface area contributed by atoms with Gasteiger partial charge in [-0.1, -0.05) is 42.6 Å². The average molecular weight is 454 g/mol. The van der Waals surface area contributed by atoms with Crippen LogP contribution >= 0.6 is 11.6 Å². The molecule has 1 saturated carbocycles. The SMILES string of the molecule is O=C(N[C@H]1CCCCCC1=O)c1cc(-c2ccc(Cl)cc2)nn(-c2cccc(F)c2)c1=O. The normalized spacial score (nSPS) is 16.4. The highest BCUT2D eigenvalue weighted by Crippen LogP contribution is 2.21. The Labute approximate surface area is 189 Å². The molecular weight excluding hydrogens is 433 g/mol. The molecule has 1 N–H and O–H groups in total. The van der Waals surface area contributed by atoms with Gasteiger partial charge in [0.25, 0.3) is 11.5 Å². The first-order chi connectivity index (χ1) is 15.4. The number of rotatable bonds is 4. The molecule has 2 aromatic carbocycles. The van der Waals surface area contributed by atoms with Gasteiger partial charge in [0.15, 0.2) is 5.78 Å². The molecule has 1 heterocycles. The van der Waals surface area contributed by atoms with Gasteiger partial charge in [0, 0.05) is 17.0 Å². The number of halogens is 2. The fourth-order valence-corrected chi connectivity index (χ4v) is 3.88. The van der Waals surface area contributed by atoms with E-state index in [0.29, 0.717) is 29.1 Å². The Morgan fingerprint density at radius 2 is 1.84 bits per heavy atom. The molecule has 1 aliphatic rings. The Bertz CT molecular complexity index is 1220. The number of carbonyl (C=O) groups is 2. The van der Waals surface area contributed by atoms with E-state index in [9.17, 15) is 18.8 Å². The number of hydrogen-bond donors (Lipinski definition) is 1. The Hall–Kier alpha value is -3.32. The number of hydrogen-bond acceptors (Lipinski definition) is 4. The van der Waals surface area contributed by atoms with Gasteiger partial charge in [-0.2, -0.15) is 9.78 Å². The van der Waals surface area contributed by atoms with E-state index < -0.39 is 23.3 Å². The Kier molecular flexibility index (Phi) is 6.46.